The number of hydrogen-bond acceptors (Lipinski definition) is 5. The Balaban J connectivity index is 1.52. The lowest BCUT2D eigenvalue weighted by Gasteiger charge is -2.03. The number of thioether (sulfide) groups is 1. The van der Waals surface area contributed by atoms with E-state index in [1.807, 2.05) is 29.6 Å². The van der Waals surface area contributed by atoms with Crippen LogP contribution < -0.4 is 5.32 Å². The van der Waals surface area contributed by atoms with Gasteiger partial charge in [-0.15, -0.1) is 22.7 Å². The topological polar surface area (TPSA) is 42.0 Å². The molecule has 7 heteroatoms. The van der Waals surface area contributed by atoms with Crippen LogP contribution >= 0.6 is 46.0 Å². The lowest BCUT2D eigenvalue weighted by Crippen LogP contribution is -2.24. The molecule has 0 unspecified atom stereocenters. The number of thiophene rings is 1. The first-order valence-electron chi connectivity index (χ1n) is 6.73. The number of fused-ring (bicyclic) bond motifs is 1. The summed E-state index contributed by atoms with van der Waals surface area (Å²) in [6.07, 6.45) is 2.71. The third kappa shape index (κ3) is 3.63. The molecule has 0 aliphatic carbocycles. The summed E-state index contributed by atoms with van der Waals surface area (Å²) in [6.45, 7) is 0.641. The third-order valence-corrected chi connectivity index (χ3v) is 6.71. The summed E-state index contributed by atoms with van der Waals surface area (Å²) < 4.78 is 2.11. The lowest BCUT2D eigenvalue weighted by atomic mass is 10.2. The summed E-state index contributed by atoms with van der Waals surface area (Å²) >= 11 is 11.1. The molecule has 1 amide bonds. The molecule has 0 saturated heterocycles. The molecule has 3 rings (SSSR count). The first kappa shape index (κ1) is 15.8. The molecule has 2 aromatic heterocycles. The summed E-state index contributed by atoms with van der Waals surface area (Å²) in [6, 6.07) is 7.80. The normalized spacial score (nSPS) is 11.0. The van der Waals surface area contributed by atoms with Gasteiger partial charge in [-0.25, -0.2) is 4.98 Å². The Labute approximate surface area is 145 Å². The minimum Gasteiger partial charge on any atom is -0.351 e. The highest BCUT2D eigenvalue weighted by Gasteiger charge is 2.16. The van der Waals surface area contributed by atoms with Gasteiger partial charge in [-0.3, -0.25) is 4.79 Å². The van der Waals surface area contributed by atoms with Gasteiger partial charge >= 0.3 is 0 Å². The van der Waals surface area contributed by atoms with Crippen molar-refractivity contribution in [2.24, 2.45) is 0 Å². The number of hydrogen-bond donors (Lipinski definition) is 1. The molecular formula is C15H13ClN2OS3. The van der Waals surface area contributed by atoms with Crippen molar-refractivity contribution in [3.63, 3.8) is 0 Å². The number of carbonyl (C=O) groups is 1. The average molecular weight is 369 g/mol. The fraction of sp³-hybridized carbons (Fsp3) is 0.200. The van der Waals surface area contributed by atoms with Crippen LogP contribution in [0.25, 0.3) is 10.1 Å². The second kappa shape index (κ2) is 7.46. The molecule has 0 saturated carbocycles. The molecule has 0 fully saturated rings. The number of halogens is 1. The molecule has 1 N–H and O–H groups in total. The zero-order valence-electron chi connectivity index (χ0n) is 11.5. The van der Waals surface area contributed by atoms with E-state index in [2.05, 4.69) is 10.3 Å². The van der Waals surface area contributed by atoms with Gasteiger partial charge in [0.1, 0.15) is 9.22 Å². The van der Waals surface area contributed by atoms with E-state index < -0.39 is 0 Å². The number of rotatable bonds is 6. The quantitative estimate of drug-likeness (QED) is 0.495. The van der Waals surface area contributed by atoms with E-state index in [0.29, 0.717) is 16.4 Å². The van der Waals surface area contributed by atoms with Crippen molar-refractivity contribution in [3.8, 4) is 0 Å². The van der Waals surface area contributed by atoms with Crippen molar-refractivity contribution >= 4 is 62.0 Å². The van der Waals surface area contributed by atoms with Crippen molar-refractivity contribution in [1.29, 1.82) is 0 Å². The van der Waals surface area contributed by atoms with Crippen molar-refractivity contribution in [2.45, 2.75) is 10.8 Å². The van der Waals surface area contributed by atoms with Crippen molar-refractivity contribution in [1.82, 2.24) is 10.3 Å². The number of benzene rings is 1. The van der Waals surface area contributed by atoms with Gasteiger partial charge in [0.05, 0.1) is 5.02 Å². The fourth-order valence-electron chi connectivity index (χ4n) is 1.96. The lowest BCUT2D eigenvalue weighted by molar-refractivity contribution is 0.0958. The Morgan fingerprint density at radius 1 is 1.36 bits per heavy atom. The Morgan fingerprint density at radius 2 is 2.23 bits per heavy atom. The molecule has 1 aromatic carbocycles. The minimum atomic E-state index is -0.0922. The largest absolute Gasteiger partial charge is 0.351 e. The molecule has 114 valence electrons. The van der Waals surface area contributed by atoms with Gasteiger partial charge in [0.25, 0.3) is 5.91 Å². The van der Waals surface area contributed by atoms with Crippen molar-refractivity contribution in [2.75, 3.05) is 12.3 Å². The molecular weight excluding hydrogens is 356 g/mol. The van der Waals surface area contributed by atoms with Crippen LogP contribution in [0.3, 0.4) is 0 Å². The monoisotopic (exact) mass is 368 g/mol. The van der Waals surface area contributed by atoms with Crippen LogP contribution in [0.1, 0.15) is 16.1 Å². The maximum absolute atomic E-state index is 12.2. The fourth-order valence-corrected chi connectivity index (χ4v) is 5.04. The molecule has 0 atom stereocenters. The first-order chi connectivity index (χ1) is 10.8. The summed E-state index contributed by atoms with van der Waals surface area (Å²) in [5, 5.41) is 6.40. The highest BCUT2D eigenvalue weighted by atomic mass is 35.5. The van der Waals surface area contributed by atoms with E-state index in [-0.39, 0.29) is 5.91 Å². The highest BCUT2D eigenvalue weighted by Crippen LogP contribution is 2.34. The molecule has 0 spiro atoms. The predicted molar refractivity (Wildman–Crippen MR) is 96.6 cm³/mol. The van der Waals surface area contributed by atoms with Gasteiger partial charge in [0.15, 0.2) is 0 Å². The number of aromatic nitrogens is 1. The Morgan fingerprint density at radius 3 is 3.00 bits per heavy atom. The number of nitrogens with one attached hydrogen (secondary N) is 1. The summed E-state index contributed by atoms with van der Waals surface area (Å²) in [5.41, 5.74) is 0. The highest BCUT2D eigenvalue weighted by molar-refractivity contribution is 8.00. The van der Waals surface area contributed by atoms with Crippen LogP contribution in [0.5, 0.6) is 0 Å². The zero-order chi connectivity index (χ0) is 15.4. The molecule has 0 radical (unpaired) electrons. The molecule has 0 bridgehead atoms. The Hall–Kier alpha value is -1.08. The van der Waals surface area contributed by atoms with Gasteiger partial charge in [-0.2, -0.15) is 0 Å². The van der Waals surface area contributed by atoms with Crippen LogP contribution in [-0.2, 0) is 0 Å². The summed E-state index contributed by atoms with van der Waals surface area (Å²) in [4.78, 5) is 17.0. The number of carbonyl (C=O) groups excluding carboxylic acids is 1. The molecule has 2 heterocycles. The molecule has 3 nitrogen and oxygen atoms in total. The molecule has 3 aromatic rings. The second-order valence-electron chi connectivity index (χ2n) is 4.50. The average Bonchev–Trinajstić information content (AvgIpc) is 3.15. The van der Waals surface area contributed by atoms with Gasteiger partial charge in [-0.1, -0.05) is 41.6 Å². The van der Waals surface area contributed by atoms with Gasteiger partial charge in [0.2, 0.25) is 0 Å². The summed E-state index contributed by atoms with van der Waals surface area (Å²) in [5.74, 6) is 0.846. The third-order valence-electron chi connectivity index (χ3n) is 2.98. The second-order valence-corrected chi connectivity index (χ2v) is 8.16. The maximum Gasteiger partial charge on any atom is 0.262 e. The Kier molecular flexibility index (Phi) is 5.36. The SMILES string of the molecule is O=C(NCCCSc1nccs1)c1sc2ccccc2c1Cl. The predicted octanol–water partition coefficient (Wildman–Crippen LogP) is 4.92. The van der Waals surface area contributed by atoms with Crippen LogP contribution in [0.4, 0.5) is 0 Å². The number of amides is 1. The van der Waals surface area contributed by atoms with Crippen LogP contribution in [-0.4, -0.2) is 23.2 Å². The van der Waals surface area contributed by atoms with Crippen LogP contribution in [0.15, 0.2) is 40.2 Å². The van der Waals surface area contributed by atoms with E-state index in [1.54, 1.807) is 29.3 Å². The summed E-state index contributed by atoms with van der Waals surface area (Å²) in [7, 11) is 0. The van der Waals surface area contributed by atoms with Gasteiger partial charge < -0.3 is 5.32 Å². The minimum absolute atomic E-state index is 0.0922. The van der Waals surface area contributed by atoms with Crippen molar-refractivity contribution in [3.05, 3.63) is 45.7 Å². The van der Waals surface area contributed by atoms with Gasteiger partial charge in [-0.05, 0) is 12.5 Å². The van der Waals surface area contributed by atoms with E-state index >= 15 is 0 Å². The molecule has 0 aliphatic heterocycles. The number of nitrogens with zero attached hydrogens (tertiary/aromatic N) is 1. The van der Waals surface area contributed by atoms with Crippen molar-refractivity contribution < 1.29 is 4.79 Å². The van der Waals surface area contributed by atoms with Crippen LogP contribution in [0.2, 0.25) is 5.02 Å². The van der Waals surface area contributed by atoms with Gasteiger partial charge in [0, 0.05) is 34.0 Å². The first-order valence-corrected chi connectivity index (χ1v) is 9.79. The van der Waals surface area contributed by atoms with E-state index in [1.165, 1.54) is 11.3 Å². The smallest absolute Gasteiger partial charge is 0.262 e. The van der Waals surface area contributed by atoms with E-state index in [4.69, 9.17) is 11.6 Å². The Bertz CT molecular complexity index is 770. The van der Waals surface area contributed by atoms with E-state index in [0.717, 1.165) is 26.6 Å². The molecule has 0 aliphatic rings. The standard InChI is InChI=1S/C15H13ClN2OS3/c16-12-10-4-1-2-5-11(10)22-13(12)14(19)17-6-3-8-20-15-18-7-9-21-15/h1-2,4-5,7,9H,3,6,8H2,(H,17,19). The van der Waals surface area contributed by atoms with Crippen LogP contribution in [0, 0.1) is 0 Å². The maximum atomic E-state index is 12.2. The number of thiazole rings is 1. The molecule has 22 heavy (non-hydrogen) atoms. The zero-order valence-corrected chi connectivity index (χ0v) is 14.7. The van der Waals surface area contributed by atoms with E-state index in [9.17, 15) is 4.79 Å².